The fourth-order valence-corrected chi connectivity index (χ4v) is 3.59. The van der Waals surface area contributed by atoms with Gasteiger partial charge in [-0.15, -0.1) is 5.06 Å². The van der Waals surface area contributed by atoms with Gasteiger partial charge in [0.1, 0.15) is 0 Å². The second-order valence-corrected chi connectivity index (χ2v) is 6.96. The van der Waals surface area contributed by atoms with E-state index < -0.39 is 11.8 Å². The van der Waals surface area contributed by atoms with E-state index >= 15 is 0 Å². The molecule has 0 unspecified atom stereocenters. The second kappa shape index (κ2) is 5.80. The summed E-state index contributed by atoms with van der Waals surface area (Å²) in [5.41, 5.74) is 3.65. The molecule has 0 bridgehead atoms. The molecule has 130 valence electrons. The van der Waals surface area contributed by atoms with Crippen molar-refractivity contribution in [3.63, 3.8) is 0 Å². The molecule has 1 N–H and O–H groups in total. The van der Waals surface area contributed by atoms with Crippen LogP contribution >= 0.6 is 0 Å². The molecule has 3 aromatic rings. The average molecular weight is 353 g/mol. The smallest absolute Gasteiger partial charge is 0.278 e. The number of amides is 2. The molecule has 2 amide bonds. The quantitative estimate of drug-likeness (QED) is 0.407. The molecule has 3 aromatic carbocycles. The number of nitrogens with zero attached hydrogens (tertiary/aromatic N) is 1. The van der Waals surface area contributed by atoms with Crippen LogP contribution in [0.4, 0.5) is 0 Å². The number of imide groups is 1. The maximum absolute atomic E-state index is 12.2. The first-order valence-electron chi connectivity index (χ1n) is 8.89. The molecule has 1 saturated carbocycles. The molecule has 1 heterocycles. The first kappa shape index (κ1) is 15.8. The van der Waals surface area contributed by atoms with E-state index in [4.69, 9.17) is 0 Å². The van der Waals surface area contributed by atoms with Gasteiger partial charge in [-0.05, 0) is 60.0 Å². The summed E-state index contributed by atoms with van der Waals surface area (Å²) in [6.07, 6.45) is 2.54. The molecule has 0 aromatic heterocycles. The van der Waals surface area contributed by atoms with Crippen LogP contribution in [-0.4, -0.2) is 22.1 Å². The van der Waals surface area contributed by atoms with Crippen molar-refractivity contribution in [2.45, 2.75) is 18.8 Å². The van der Waals surface area contributed by atoms with Crippen molar-refractivity contribution in [1.29, 1.82) is 0 Å². The number of hydrogen-bond acceptors (Lipinski definition) is 3. The Hall–Kier alpha value is -3.42. The van der Waals surface area contributed by atoms with Gasteiger partial charge in [0, 0.05) is 16.5 Å². The molecule has 4 nitrogen and oxygen atoms in total. The van der Waals surface area contributed by atoms with E-state index in [9.17, 15) is 14.8 Å². The van der Waals surface area contributed by atoms with E-state index in [0.29, 0.717) is 22.4 Å². The van der Waals surface area contributed by atoms with Crippen LogP contribution in [0.2, 0.25) is 0 Å². The van der Waals surface area contributed by atoms with Crippen LogP contribution in [0.3, 0.4) is 0 Å². The lowest BCUT2D eigenvalue weighted by Gasteiger charge is -2.22. The van der Waals surface area contributed by atoms with Crippen molar-refractivity contribution < 1.29 is 14.8 Å². The molecular formula is C23H15NO3. The normalized spacial score (nSPS) is 15.7. The Morgan fingerprint density at radius 2 is 1.56 bits per heavy atom. The summed E-state index contributed by atoms with van der Waals surface area (Å²) < 4.78 is 0. The summed E-state index contributed by atoms with van der Waals surface area (Å²) in [7, 11) is 0. The number of rotatable bonds is 1. The van der Waals surface area contributed by atoms with E-state index in [1.165, 1.54) is 18.4 Å². The molecule has 27 heavy (non-hydrogen) atoms. The van der Waals surface area contributed by atoms with Gasteiger partial charge in [-0.25, -0.2) is 0 Å². The summed E-state index contributed by atoms with van der Waals surface area (Å²) in [6.45, 7) is 0. The second-order valence-electron chi connectivity index (χ2n) is 6.96. The van der Waals surface area contributed by atoms with Gasteiger partial charge in [0.2, 0.25) is 0 Å². The van der Waals surface area contributed by atoms with Crippen molar-refractivity contribution in [2.75, 3.05) is 0 Å². The molecule has 0 spiro atoms. The van der Waals surface area contributed by atoms with Crippen LogP contribution in [-0.2, 0) is 0 Å². The molecule has 1 fully saturated rings. The Balaban J connectivity index is 1.60. The predicted molar refractivity (Wildman–Crippen MR) is 101 cm³/mol. The van der Waals surface area contributed by atoms with Crippen molar-refractivity contribution in [3.8, 4) is 11.8 Å². The summed E-state index contributed by atoms with van der Waals surface area (Å²) >= 11 is 0. The highest BCUT2D eigenvalue weighted by Gasteiger charge is 2.32. The van der Waals surface area contributed by atoms with Crippen LogP contribution in [0.5, 0.6) is 0 Å². The Morgan fingerprint density at radius 3 is 2.26 bits per heavy atom. The minimum atomic E-state index is -0.709. The molecule has 0 radical (unpaired) electrons. The van der Waals surface area contributed by atoms with E-state index in [1.807, 2.05) is 18.2 Å². The molecular weight excluding hydrogens is 338 g/mol. The lowest BCUT2D eigenvalue weighted by atomic mass is 9.92. The maximum Gasteiger partial charge on any atom is 0.285 e. The van der Waals surface area contributed by atoms with Gasteiger partial charge in [0.25, 0.3) is 11.8 Å². The van der Waals surface area contributed by atoms with Gasteiger partial charge in [-0.3, -0.25) is 14.8 Å². The van der Waals surface area contributed by atoms with Crippen molar-refractivity contribution in [2.24, 2.45) is 0 Å². The number of hydrogen-bond donors (Lipinski definition) is 1. The molecule has 1 aliphatic heterocycles. The molecule has 0 saturated heterocycles. The third-order valence-electron chi connectivity index (χ3n) is 5.19. The number of carbonyl (C=O) groups excluding carboxylic acids is 2. The van der Waals surface area contributed by atoms with Crippen molar-refractivity contribution >= 4 is 22.6 Å². The van der Waals surface area contributed by atoms with Gasteiger partial charge in [0.05, 0.1) is 11.1 Å². The van der Waals surface area contributed by atoms with Gasteiger partial charge in [-0.2, -0.15) is 0 Å². The monoisotopic (exact) mass is 353 g/mol. The fourth-order valence-electron chi connectivity index (χ4n) is 3.59. The summed E-state index contributed by atoms with van der Waals surface area (Å²) in [4.78, 5) is 24.4. The van der Waals surface area contributed by atoms with E-state index in [1.54, 1.807) is 24.3 Å². The van der Waals surface area contributed by atoms with Crippen LogP contribution in [0, 0.1) is 11.8 Å². The number of hydroxylamine groups is 2. The Morgan fingerprint density at radius 1 is 0.852 bits per heavy atom. The van der Waals surface area contributed by atoms with Crippen LogP contribution in [0.25, 0.3) is 10.8 Å². The van der Waals surface area contributed by atoms with Gasteiger partial charge in [-0.1, -0.05) is 36.1 Å². The molecule has 0 atom stereocenters. The zero-order valence-electron chi connectivity index (χ0n) is 14.4. The van der Waals surface area contributed by atoms with Gasteiger partial charge in [0.15, 0.2) is 0 Å². The van der Waals surface area contributed by atoms with Crippen molar-refractivity contribution in [1.82, 2.24) is 5.06 Å². The highest BCUT2D eigenvalue weighted by Crippen LogP contribution is 2.39. The molecule has 5 rings (SSSR count). The zero-order valence-corrected chi connectivity index (χ0v) is 14.4. The summed E-state index contributed by atoms with van der Waals surface area (Å²) in [5.74, 6) is 5.63. The Labute approximate surface area is 156 Å². The Bertz CT molecular complexity index is 1160. The van der Waals surface area contributed by atoms with Crippen molar-refractivity contribution in [3.05, 3.63) is 82.4 Å². The predicted octanol–water partition coefficient (Wildman–Crippen LogP) is 4.10. The SMILES string of the molecule is O=C1c2cccc3c(C#Cc4ccc(C5CC5)cc4)ccc(c23)C(=O)N1O. The average Bonchev–Trinajstić information content (AvgIpc) is 3.55. The summed E-state index contributed by atoms with van der Waals surface area (Å²) in [5, 5.41) is 11.2. The number of carbonyl (C=O) groups is 2. The first-order chi connectivity index (χ1) is 13.1. The third kappa shape index (κ3) is 2.52. The lowest BCUT2D eigenvalue weighted by molar-refractivity contribution is -0.0377. The maximum atomic E-state index is 12.2. The molecule has 1 aliphatic carbocycles. The third-order valence-corrected chi connectivity index (χ3v) is 5.19. The van der Waals surface area contributed by atoms with E-state index in [0.717, 1.165) is 16.5 Å². The lowest BCUT2D eigenvalue weighted by Crippen LogP contribution is -2.37. The standard InChI is InChI=1S/C23H15NO3/c25-22-19-3-1-2-18-17(12-13-20(21(18)19)23(26)24(22)27)9-6-14-4-7-15(8-5-14)16-10-11-16/h1-5,7-8,12-13,16,27H,10-11H2. The number of benzene rings is 3. The topological polar surface area (TPSA) is 57.6 Å². The zero-order chi connectivity index (χ0) is 18.5. The van der Waals surface area contributed by atoms with Crippen LogP contribution in [0.15, 0.2) is 54.6 Å². The highest BCUT2D eigenvalue weighted by molar-refractivity contribution is 6.25. The van der Waals surface area contributed by atoms with Gasteiger partial charge >= 0.3 is 0 Å². The summed E-state index contributed by atoms with van der Waals surface area (Å²) in [6, 6.07) is 16.9. The van der Waals surface area contributed by atoms with E-state index in [2.05, 4.69) is 24.0 Å². The minimum Gasteiger partial charge on any atom is -0.278 e. The molecule has 2 aliphatic rings. The van der Waals surface area contributed by atoms with Crippen LogP contribution in [0.1, 0.15) is 56.2 Å². The van der Waals surface area contributed by atoms with Gasteiger partial charge < -0.3 is 0 Å². The Kier molecular flexibility index (Phi) is 3.40. The first-order valence-corrected chi connectivity index (χ1v) is 8.89. The van der Waals surface area contributed by atoms with E-state index in [-0.39, 0.29) is 5.06 Å². The van der Waals surface area contributed by atoms with Crippen LogP contribution < -0.4 is 0 Å². The molecule has 4 heteroatoms. The highest BCUT2D eigenvalue weighted by atomic mass is 16.5. The minimum absolute atomic E-state index is 0.171. The fraction of sp³-hybridized carbons (Fsp3) is 0.130. The largest absolute Gasteiger partial charge is 0.285 e.